The van der Waals surface area contributed by atoms with Crippen LogP contribution in [0.4, 0.5) is 0 Å². The Morgan fingerprint density at radius 3 is 2.74 bits per heavy atom. The molecule has 3 heterocycles. The molecule has 0 N–H and O–H groups in total. The minimum Gasteiger partial charge on any atom is -0.364 e. The molecule has 2 fully saturated rings. The number of rotatable bonds is 4. The summed E-state index contributed by atoms with van der Waals surface area (Å²) in [7, 11) is 0. The molecule has 2 aliphatic rings. The van der Waals surface area contributed by atoms with Gasteiger partial charge in [-0.05, 0) is 44.4 Å². The predicted molar refractivity (Wildman–Crippen MR) is 102 cm³/mol. The van der Waals surface area contributed by atoms with Crippen LogP contribution in [-0.4, -0.2) is 26.2 Å². The summed E-state index contributed by atoms with van der Waals surface area (Å²) in [4.78, 5) is 20.8. The molecule has 1 unspecified atom stereocenters. The first-order chi connectivity index (χ1) is 13.3. The Morgan fingerprint density at radius 1 is 1.07 bits per heavy atom. The molecule has 1 atom stereocenters. The van der Waals surface area contributed by atoms with E-state index in [1.807, 2.05) is 34.9 Å². The molecule has 1 saturated carbocycles. The smallest absolute Gasteiger partial charge is 0.261 e. The van der Waals surface area contributed by atoms with E-state index in [0.29, 0.717) is 0 Å². The number of hydrogen-bond donors (Lipinski definition) is 0. The van der Waals surface area contributed by atoms with E-state index in [2.05, 4.69) is 10.1 Å². The molecule has 6 heteroatoms. The van der Waals surface area contributed by atoms with Crippen LogP contribution in [0.5, 0.6) is 0 Å². The SMILES string of the molecule is O=c1c2ccccc2nc(C2CCCN2Cc2ccon2)n1C1CCCC1. The van der Waals surface area contributed by atoms with Crippen molar-refractivity contribution in [1.29, 1.82) is 0 Å². The van der Waals surface area contributed by atoms with E-state index in [1.165, 1.54) is 12.8 Å². The van der Waals surface area contributed by atoms with Crippen LogP contribution in [0.15, 0.2) is 45.9 Å². The summed E-state index contributed by atoms with van der Waals surface area (Å²) in [5, 5.41) is 4.80. The molecule has 1 aliphatic carbocycles. The number of nitrogens with zero attached hydrogens (tertiary/aromatic N) is 4. The Hall–Kier alpha value is -2.47. The maximum atomic E-state index is 13.4. The zero-order valence-electron chi connectivity index (χ0n) is 15.4. The lowest BCUT2D eigenvalue weighted by molar-refractivity contribution is 0.222. The Morgan fingerprint density at radius 2 is 1.93 bits per heavy atom. The molecule has 27 heavy (non-hydrogen) atoms. The molecule has 0 amide bonds. The van der Waals surface area contributed by atoms with Crippen molar-refractivity contribution < 1.29 is 4.52 Å². The van der Waals surface area contributed by atoms with Gasteiger partial charge in [-0.3, -0.25) is 14.3 Å². The summed E-state index contributed by atoms with van der Waals surface area (Å²) in [6, 6.07) is 10.1. The van der Waals surface area contributed by atoms with Gasteiger partial charge in [0, 0.05) is 18.7 Å². The molecule has 6 nitrogen and oxygen atoms in total. The van der Waals surface area contributed by atoms with Crippen molar-refractivity contribution in [2.75, 3.05) is 6.54 Å². The average molecular weight is 364 g/mol. The van der Waals surface area contributed by atoms with E-state index < -0.39 is 0 Å². The topological polar surface area (TPSA) is 64.2 Å². The summed E-state index contributed by atoms with van der Waals surface area (Å²) in [6.45, 7) is 1.72. The zero-order valence-corrected chi connectivity index (χ0v) is 15.4. The summed E-state index contributed by atoms with van der Waals surface area (Å²) < 4.78 is 7.03. The van der Waals surface area contributed by atoms with Crippen molar-refractivity contribution in [3.05, 3.63) is 58.5 Å². The maximum absolute atomic E-state index is 13.4. The lowest BCUT2D eigenvalue weighted by Crippen LogP contribution is -2.33. The molecule has 3 aromatic rings. The lowest BCUT2D eigenvalue weighted by Gasteiger charge is -2.28. The normalized spacial score (nSPS) is 21.4. The summed E-state index contributed by atoms with van der Waals surface area (Å²) in [5.41, 5.74) is 1.85. The minimum atomic E-state index is 0.121. The van der Waals surface area contributed by atoms with Gasteiger partial charge in [0.1, 0.15) is 12.1 Å². The van der Waals surface area contributed by atoms with Crippen molar-refractivity contribution in [2.24, 2.45) is 0 Å². The molecule has 0 bridgehead atoms. The van der Waals surface area contributed by atoms with E-state index in [-0.39, 0.29) is 17.6 Å². The third-order valence-corrected chi connectivity index (χ3v) is 6.04. The number of hydrogen-bond acceptors (Lipinski definition) is 5. The van der Waals surface area contributed by atoms with Gasteiger partial charge in [-0.2, -0.15) is 0 Å². The van der Waals surface area contributed by atoms with Gasteiger partial charge in [0.2, 0.25) is 0 Å². The van der Waals surface area contributed by atoms with Gasteiger partial charge in [-0.1, -0.05) is 30.1 Å². The van der Waals surface area contributed by atoms with Crippen LogP contribution in [0, 0.1) is 0 Å². The number of benzene rings is 1. The number of fused-ring (bicyclic) bond motifs is 1. The summed E-state index contributed by atoms with van der Waals surface area (Å²) in [5.74, 6) is 0.937. The highest BCUT2D eigenvalue weighted by molar-refractivity contribution is 5.77. The molecule has 0 spiro atoms. The molecular formula is C21H24N4O2. The van der Waals surface area contributed by atoms with Crippen LogP contribution in [0.2, 0.25) is 0 Å². The monoisotopic (exact) mass is 364 g/mol. The Bertz CT molecular complexity index is 989. The van der Waals surface area contributed by atoms with Gasteiger partial charge in [-0.25, -0.2) is 4.98 Å². The first-order valence-electron chi connectivity index (χ1n) is 9.96. The van der Waals surface area contributed by atoms with Crippen LogP contribution < -0.4 is 5.56 Å². The molecule has 2 aromatic heterocycles. The highest BCUT2D eigenvalue weighted by Crippen LogP contribution is 2.36. The van der Waals surface area contributed by atoms with Crippen molar-refractivity contribution in [3.63, 3.8) is 0 Å². The first kappa shape index (κ1) is 16.7. The van der Waals surface area contributed by atoms with Crippen molar-refractivity contribution >= 4 is 10.9 Å². The fourth-order valence-corrected chi connectivity index (χ4v) is 4.75. The maximum Gasteiger partial charge on any atom is 0.261 e. The van der Waals surface area contributed by atoms with Crippen LogP contribution in [0.25, 0.3) is 10.9 Å². The Balaban J connectivity index is 1.62. The molecular weight excluding hydrogens is 340 g/mol. The second-order valence-corrected chi connectivity index (χ2v) is 7.72. The molecule has 1 aromatic carbocycles. The first-order valence-corrected chi connectivity index (χ1v) is 9.96. The average Bonchev–Trinajstić information content (AvgIpc) is 3.45. The van der Waals surface area contributed by atoms with E-state index in [1.54, 1.807) is 6.26 Å². The van der Waals surface area contributed by atoms with Crippen molar-refractivity contribution in [1.82, 2.24) is 19.6 Å². The largest absolute Gasteiger partial charge is 0.364 e. The van der Waals surface area contributed by atoms with Crippen molar-refractivity contribution in [3.8, 4) is 0 Å². The van der Waals surface area contributed by atoms with E-state index >= 15 is 0 Å². The Kier molecular flexibility index (Phi) is 4.28. The van der Waals surface area contributed by atoms with Gasteiger partial charge < -0.3 is 4.52 Å². The van der Waals surface area contributed by atoms with Gasteiger partial charge >= 0.3 is 0 Å². The summed E-state index contributed by atoms with van der Waals surface area (Å²) >= 11 is 0. The standard InChI is InChI=1S/C21H24N4O2/c26-21-17-8-3-4-9-18(17)22-20(25(21)16-6-1-2-7-16)19-10-5-12-24(19)14-15-11-13-27-23-15/h3-4,8-9,11,13,16,19H,1-2,5-7,10,12,14H2. The van der Waals surface area contributed by atoms with Crippen LogP contribution in [0.1, 0.15) is 62.1 Å². The van der Waals surface area contributed by atoms with Crippen molar-refractivity contribution in [2.45, 2.75) is 57.2 Å². The molecule has 0 radical (unpaired) electrons. The minimum absolute atomic E-state index is 0.121. The molecule has 5 rings (SSSR count). The van der Waals surface area contributed by atoms with E-state index in [9.17, 15) is 4.79 Å². The molecule has 140 valence electrons. The fourth-order valence-electron chi connectivity index (χ4n) is 4.75. The number of likely N-dealkylation sites (tertiary alicyclic amines) is 1. The molecule has 1 saturated heterocycles. The van der Waals surface area contributed by atoms with Gasteiger partial charge in [0.15, 0.2) is 0 Å². The lowest BCUT2D eigenvalue weighted by atomic mass is 10.1. The number of aromatic nitrogens is 3. The zero-order chi connectivity index (χ0) is 18.2. The quantitative estimate of drug-likeness (QED) is 0.704. The van der Waals surface area contributed by atoms with E-state index in [0.717, 1.165) is 61.2 Å². The highest BCUT2D eigenvalue weighted by atomic mass is 16.5. The van der Waals surface area contributed by atoms with Crippen LogP contribution in [-0.2, 0) is 6.54 Å². The summed E-state index contributed by atoms with van der Waals surface area (Å²) in [6.07, 6.45) is 8.27. The van der Waals surface area contributed by atoms with Crippen LogP contribution in [0.3, 0.4) is 0 Å². The third kappa shape index (κ3) is 2.98. The number of para-hydroxylation sites is 1. The third-order valence-electron chi connectivity index (χ3n) is 6.04. The van der Waals surface area contributed by atoms with Gasteiger partial charge in [0.25, 0.3) is 5.56 Å². The predicted octanol–water partition coefficient (Wildman–Crippen LogP) is 3.84. The van der Waals surface area contributed by atoms with Gasteiger partial charge in [-0.15, -0.1) is 0 Å². The fraction of sp³-hybridized carbons (Fsp3) is 0.476. The second-order valence-electron chi connectivity index (χ2n) is 7.72. The molecule has 1 aliphatic heterocycles. The van der Waals surface area contributed by atoms with E-state index in [4.69, 9.17) is 9.51 Å². The van der Waals surface area contributed by atoms with Crippen LogP contribution >= 0.6 is 0 Å². The Labute approximate surface area is 157 Å². The second kappa shape index (κ2) is 6.93. The highest BCUT2D eigenvalue weighted by Gasteiger charge is 2.33. The van der Waals surface area contributed by atoms with Gasteiger partial charge in [0.05, 0.1) is 22.6 Å².